The van der Waals surface area contributed by atoms with E-state index < -0.39 is 0 Å². The minimum atomic E-state index is -0.0140. The molecular weight excluding hydrogens is 513 g/mol. The number of rotatable bonds is 8. The van der Waals surface area contributed by atoms with Crippen LogP contribution in [-0.4, -0.2) is 36.5 Å². The van der Waals surface area contributed by atoms with Gasteiger partial charge in [0.25, 0.3) is 0 Å². The Morgan fingerprint density at radius 3 is 2.50 bits per heavy atom. The van der Waals surface area contributed by atoms with Crippen molar-refractivity contribution in [1.82, 2.24) is 15.5 Å². The summed E-state index contributed by atoms with van der Waals surface area (Å²) in [6, 6.07) is 16.4. The fourth-order valence-corrected chi connectivity index (χ4v) is 3.49. The van der Waals surface area contributed by atoms with Crippen LogP contribution in [0.1, 0.15) is 49.3 Å². The number of urea groups is 1. The Balaban J connectivity index is 0.00000363. The van der Waals surface area contributed by atoms with Crippen LogP contribution in [0, 0.1) is 6.92 Å². The van der Waals surface area contributed by atoms with Crippen LogP contribution in [0.3, 0.4) is 0 Å². The molecule has 6 nitrogen and oxygen atoms in total. The number of hydrogen-bond donors (Lipinski definition) is 3. The van der Waals surface area contributed by atoms with Gasteiger partial charge in [-0.25, -0.2) is 9.79 Å². The third kappa shape index (κ3) is 8.68. The number of nitrogens with zero attached hydrogens (tertiary/aromatic N) is 2. The zero-order valence-corrected chi connectivity index (χ0v) is 21.5. The number of hydrogen-bond acceptors (Lipinski definition) is 2. The highest BCUT2D eigenvalue weighted by Crippen LogP contribution is 2.14. The Kier molecular flexibility index (Phi) is 11.3. The standard InChI is InChI=1S/C25H35N5O.HI/c1-3-4-14-26-24(27-18-21-12-10-20(2)11-13-21)28-19-22-8-7-9-23(17-22)29-25(31)30-15-5-6-16-30;/h7-13,17H,3-6,14-16,18-19H2,1-2H3,(H,29,31)(H2,26,27,28);1H. The fourth-order valence-electron chi connectivity index (χ4n) is 3.49. The number of anilines is 1. The Hall–Kier alpha value is -2.29. The van der Waals surface area contributed by atoms with Gasteiger partial charge >= 0.3 is 6.03 Å². The van der Waals surface area contributed by atoms with E-state index in [0.29, 0.717) is 6.54 Å². The Labute approximate surface area is 209 Å². The largest absolute Gasteiger partial charge is 0.356 e. The molecule has 2 aromatic rings. The second-order valence-electron chi connectivity index (χ2n) is 8.11. The maximum absolute atomic E-state index is 12.3. The number of aliphatic imine (C=N–C) groups is 1. The van der Waals surface area contributed by atoms with Crippen LogP contribution >= 0.6 is 24.0 Å². The van der Waals surface area contributed by atoms with Gasteiger partial charge in [0, 0.05) is 31.9 Å². The van der Waals surface area contributed by atoms with Crippen molar-refractivity contribution in [1.29, 1.82) is 0 Å². The minimum absolute atomic E-state index is 0. The maximum Gasteiger partial charge on any atom is 0.321 e. The third-order valence-corrected chi connectivity index (χ3v) is 5.39. The van der Waals surface area contributed by atoms with Crippen LogP contribution in [-0.2, 0) is 13.1 Å². The molecule has 0 saturated carbocycles. The van der Waals surface area contributed by atoms with Crippen molar-refractivity contribution in [2.45, 2.75) is 52.6 Å². The molecule has 1 aliphatic rings. The number of benzene rings is 2. The van der Waals surface area contributed by atoms with Gasteiger partial charge in [0.2, 0.25) is 0 Å². The normalized spacial score (nSPS) is 13.4. The summed E-state index contributed by atoms with van der Waals surface area (Å²) in [6.45, 7) is 8.12. The molecule has 2 aromatic carbocycles. The second kappa shape index (κ2) is 14.0. The number of carbonyl (C=O) groups excluding carboxylic acids is 1. The van der Waals surface area contributed by atoms with E-state index in [4.69, 9.17) is 4.99 Å². The van der Waals surface area contributed by atoms with Gasteiger partial charge in [0.05, 0.1) is 6.54 Å². The van der Waals surface area contributed by atoms with Gasteiger partial charge in [-0.15, -0.1) is 24.0 Å². The maximum atomic E-state index is 12.3. The molecule has 174 valence electrons. The summed E-state index contributed by atoms with van der Waals surface area (Å²) in [7, 11) is 0. The lowest BCUT2D eigenvalue weighted by molar-refractivity contribution is 0.222. The highest BCUT2D eigenvalue weighted by Gasteiger charge is 2.17. The summed E-state index contributed by atoms with van der Waals surface area (Å²) in [5.74, 6) is 0.806. The topological polar surface area (TPSA) is 68.8 Å². The molecule has 0 atom stereocenters. The minimum Gasteiger partial charge on any atom is -0.356 e. The zero-order chi connectivity index (χ0) is 21.9. The van der Waals surface area contributed by atoms with Gasteiger partial charge in [-0.05, 0) is 49.4 Å². The summed E-state index contributed by atoms with van der Waals surface area (Å²) in [4.78, 5) is 19.0. The summed E-state index contributed by atoms with van der Waals surface area (Å²) < 4.78 is 0. The number of nitrogens with one attached hydrogen (secondary N) is 3. The summed E-state index contributed by atoms with van der Waals surface area (Å²) >= 11 is 0. The first-order valence-electron chi connectivity index (χ1n) is 11.4. The zero-order valence-electron chi connectivity index (χ0n) is 19.2. The van der Waals surface area contributed by atoms with Crippen molar-refractivity contribution in [3.63, 3.8) is 0 Å². The number of halogens is 1. The lowest BCUT2D eigenvalue weighted by Gasteiger charge is -2.16. The highest BCUT2D eigenvalue weighted by molar-refractivity contribution is 14.0. The van der Waals surface area contributed by atoms with E-state index in [9.17, 15) is 4.79 Å². The average molecular weight is 550 g/mol. The van der Waals surface area contributed by atoms with Gasteiger partial charge in [-0.2, -0.15) is 0 Å². The monoisotopic (exact) mass is 549 g/mol. The van der Waals surface area contributed by atoms with Crippen LogP contribution in [0.4, 0.5) is 10.5 Å². The van der Waals surface area contributed by atoms with Crippen molar-refractivity contribution in [2.24, 2.45) is 4.99 Å². The van der Waals surface area contributed by atoms with Crippen LogP contribution in [0.25, 0.3) is 0 Å². The van der Waals surface area contributed by atoms with Gasteiger partial charge in [-0.1, -0.05) is 55.3 Å². The first kappa shape index (κ1) is 26.0. The molecule has 0 aromatic heterocycles. The average Bonchev–Trinajstić information content (AvgIpc) is 3.32. The number of guanidine groups is 1. The van der Waals surface area contributed by atoms with Gasteiger partial charge in [-0.3, -0.25) is 0 Å². The molecule has 0 radical (unpaired) electrons. The number of aryl methyl sites for hydroxylation is 1. The molecule has 7 heteroatoms. The molecule has 3 rings (SSSR count). The SMILES string of the molecule is CCCCNC(=NCc1cccc(NC(=O)N2CCCC2)c1)NCc1ccc(C)cc1.I. The summed E-state index contributed by atoms with van der Waals surface area (Å²) in [5, 5.41) is 9.86. The lowest BCUT2D eigenvalue weighted by Crippen LogP contribution is -2.37. The lowest BCUT2D eigenvalue weighted by atomic mass is 10.1. The van der Waals surface area contributed by atoms with E-state index in [2.05, 4.69) is 54.1 Å². The third-order valence-electron chi connectivity index (χ3n) is 5.39. The Bertz CT molecular complexity index is 863. The smallest absolute Gasteiger partial charge is 0.321 e. The molecule has 2 amide bonds. The van der Waals surface area contributed by atoms with Crippen molar-refractivity contribution >= 4 is 41.7 Å². The van der Waals surface area contributed by atoms with Crippen LogP contribution in [0.2, 0.25) is 0 Å². The fraction of sp³-hybridized carbons (Fsp3) is 0.440. The van der Waals surface area contributed by atoms with Crippen LogP contribution in [0.5, 0.6) is 0 Å². The first-order chi connectivity index (χ1) is 15.1. The summed E-state index contributed by atoms with van der Waals surface area (Å²) in [6.07, 6.45) is 4.41. The number of unbranched alkanes of at least 4 members (excludes halogenated alkanes) is 1. The molecule has 1 fully saturated rings. The van der Waals surface area contributed by atoms with E-state index in [1.165, 1.54) is 11.1 Å². The quantitative estimate of drug-likeness (QED) is 0.182. The molecule has 0 aliphatic carbocycles. The van der Waals surface area contributed by atoms with E-state index in [1.807, 2.05) is 29.2 Å². The van der Waals surface area contributed by atoms with Crippen molar-refractivity contribution < 1.29 is 4.79 Å². The summed E-state index contributed by atoms with van der Waals surface area (Å²) in [5.41, 5.74) is 4.36. The highest BCUT2D eigenvalue weighted by atomic mass is 127. The van der Waals surface area contributed by atoms with Gasteiger partial charge in [0.1, 0.15) is 0 Å². The molecule has 0 unspecified atom stereocenters. The number of amides is 2. The van der Waals surface area contributed by atoms with Crippen LogP contribution < -0.4 is 16.0 Å². The Morgan fingerprint density at radius 1 is 1.03 bits per heavy atom. The van der Waals surface area contributed by atoms with Gasteiger partial charge < -0.3 is 20.9 Å². The predicted octanol–water partition coefficient (Wildman–Crippen LogP) is 5.28. The predicted molar refractivity (Wildman–Crippen MR) is 144 cm³/mol. The van der Waals surface area contributed by atoms with Gasteiger partial charge in [0.15, 0.2) is 5.96 Å². The molecule has 3 N–H and O–H groups in total. The second-order valence-corrected chi connectivity index (χ2v) is 8.11. The number of carbonyl (C=O) groups is 1. The van der Waals surface area contributed by atoms with Crippen LogP contribution in [0.15, 0.2) is 53.5 Å². The molecule has 0 bridgehead atoms. The van der Waals surface area contributed by atoms with Crippen molar-refractivity contribution in [3.8, 4) is 0 Å². The molecular formula is C25H36IN5O. The first-order valence-corrected chi connectivity index (χ1v) is 11.4. The molecule has 1 saturated heterocycles. The van der Waals surface area contributed by atoms with Crippen molar-refractivity contribution in [3.05, 3.63) is 65.2 Å². The molecule has 1 heterocycles. The van der Waals surface area contributed by atoms with Crippen molar-refractivity contribution in [2.75, 3.05) is 25.0 Å². The molecule has 0 spiro atoms. The number of likely N-dealkylation sites (tertiary alicyclic amines) is 1. The van der Waals surface area contributed by atoms with E-state index in [0.717, 1.165) is 69.1 Å². The van der Waals surface area contributed by atoms with E-state index >= 15 is 0 Å². The molecule has 32 heavy (non-hydrogen) atoms. The molecule has 1 aliphatic heterocycles. The van der Waals surface area contributed by atoms with E-state index in [-0.39, 0.29) is 30.0 Å². The Morgan fingerprint density at radius 2 is 1.78 bits per heavy atom. The van der Waals surface area contributed by atoms with E-state index in [1.54, 1.807) is 0 Å².